The van der Waals surface area contributed by atoms with Crippen LogP contribution in [-0.4, -0.2) is 13.2 Å². The van der Waals surface area contributed by atoms with Gasteiger partial charge in [-0.2, -0.15) is 5.26 Å². The highest BCUT2D eigenvalue weighted by Gasteiger charge is 2.14. The van der Waals surface area contributed by atoms with Gasteiger partial charge in [-0.1, -0.05) is 22.9 Å². The first-order valence-electron chi connectivity index (χ1n) is 5.65. The van der Waals surface area contributed by atoms with Gasteiger partial charge in [0.05, 0.1) is 0 Å². The highest BCUT2D eigenvalue weighted by molar-refractivity contribution is 9.10. The second kappa shape index (κ2) is 6.63. The monoisotopic (exact) mass is 296 g/mol. The summed E-state index contributed by atoms with van der Waals surface area (Å²) in [5.41, 5.74) is 1.05. The fourth-order valence-electron chi connectivity index (χ4n) is 1.47. The Morgan fingerprint density at radius 2 is 2.24 bits per heavy atom. The van der Waals surface area contributed by atoms with Crippen molar-refractivity contribution < 1.29 is 4.74 Å². The summed E-state index contributed by atoms with van der Waals surface area (Å²) >= 11 is 3.45. The zero-order valence-corrected chi connectivity index (χ0v) is 11.9. The SMILES string of the molecule is CCC(C#N)Oc1ccc(Br)cc1C(C)NC. The molecule has 1 aromatic carbocycles. The molecular formula is C13H17BrN2O. The Hall–Kier alpha value is -1.05. The maximum atomic E-state index is 8.93. The van der Waals surface area contributed by atoms with Crippen LogP contribution in [0.3, 0.4) is 0 Å². The third-order valence-corrected chi connectivity index (χ3v) is 3.15. The van der Waals surface area contributed by atoms with E-state index < -0.39 is 0 Å². The van der Waals surface area contributed by atoms with Crippen molar-refractivity contribution in [1.82, 2.24) is 5.32 Å². The molecule has 1 rings (SSSR count). The molecule has 17 heavy (non-hydrogen) atoms. The Bertz CT molecular complexity index is 414. The summed E-state index contributed by atoms with van der Waals surface area (Å²) in [4.78, 5) is 0. The van der Waals surface area contributed by atoms with E-state index in [1.807, 2.05) is 32.2 Å². The lowest BCUT2D eigenvalue weighted by Crippen LogP contribution is -2.17. The first-order chi connectivity index (χ1) is 8.12. The molecule has 1 N–H and O–H groups in total. The second-order valence-corrected chi connectivity index (χ2v) is 4.75. The van der Waals surface area contributed by atoms with Crippen LogP contribution in [0.5, 0.6) is 5.75 Å². The Morgan fingerprint density at radius 1 is 1.53 bits per heavy atom. The normalized spacial score (nSPS) is 13.8. The van der Waals surface area contributed by atoms with Crippen molar-refractivity contribution in [3.8, 4) is 11.8 Å². The van der Waals surface area contributed by atoms with Crippen molar-refractivity contribution in [3.05, 3.63) is 28.2 Å². The standard InChI is InChI=1S/C13H17BrN2O/c1-4-11(8-15)17-13-6-5-10(14)7-12(13)9(2)16-3/h5-7,9,11,16H,4H2,1-3H3. The van der Waals surface area contributed by atoms with Gasteiger partial charge in [-0.3, -0.25) is 0 Å². The van der Waals surface area contributed by atoms with Crippen LogP contribution in [0.4, 0.5) is 0 Å². The summed E-state index contributed by atoms with van der Waals surface area (Å²) < 4.78 is 6.71. The summed E-state index contributed by atoms with van der Waals surface area (Å²) in [5, 5.41) is 12.1. The van der Waals surface area contributed by atoms with Gasteiger partial charge < -0.3 is 10.1 Å². The molecule has 0 amide bonds. The van der Waals surface area contributed by atoms with Crippen molar-refractivity contribution in [3.63, 3.8) is 0 Å². The minimum absolute atomic E-state index is 0.179. The number of nitriles is 1. The van der Waals surface area contributed by atoms with Crippen LogP contribution < -0.4 is 10.1 Å². The van der Waals surface area contributed by atoms with E-state index in [9.17, 15) is 0 Å². The molecule has 92 valence electrons. The molecule has 0 spiro atoms. The number of hydrogen-bond acceptors (Lipinski definition) is 3. The van der Waals surface area contributed by atoms with Gasteiger partial charge >= 0.3 is 0 Å². The van der Waals surface area contributed by atoms with Crippen molar-refractivity contribution in [1.29, 1.82) is 5.26 Å². The van der Waals surface area contributed by atoms with Gasteiger partial charge in [0, 0.05) is 16.1 Å². The molecule has 0 aromatic heterocycles. The molecule has 0 aliphatic rings. The molecular weight excluding hydrogens is 280 g/mol. The van der Waals surface area contributed by atoms with Gasteiger partial charge in [-0.05, 0) is 38.6 Å². The second-order valence-electron chi connectivity index (χ2n) is 3.84. The van der Waals surface area contributed by atoms with Crippen LogP contribution in [0.1, 0.15) is 31.9 Å². The molecule has 0 saturated heterocycles. The van der Waals surface area contributed by atoms with Crippen molar-refractivity contribution >= 4 is 15.9 Å². The summed E-state index contributed by atoms with van der Waals surface area (Å²) in [5.74, 6) is 0.767. The van der Waals surface area contributed by atoms with E-state index in [-0.39, 0.29) is 12.1 Å². The number of rotatable bonds is 5. The summed E-state index contributed by atoms with van der Waals surface area (Å²) in [7, 11) is 1.90. The van der Waals surface area contributed by atoms with E-state index in [1.54, 1.807) is 0 Å². The molecule has 0 aliphatic carbocycles. The molecule has 3 nitrogen and oxygen atoms in total. The van der Waals surface area contributed by atoms with Gasteiger partial charge in [-0.15, -0.1) is 0 Å². The van der Waals surface area contributed by atoms with E-state index in [1.165, 1.54) is 0 Å². The number of halogens is 1. The van der Waals surface area contributed by atoms with Crippen molar-refractivity contribution in [2.45, 2.75) is 32.4 Å². The average molecular weight is 297 g/mol. The van der Waals surface area contributed by atoms with Crippen LogP contribution in [0, 0.1) is 11.3 Å². The molecule has 0 heterocycles. The van der Waals surface area contributed by atoms with Crippen molar-refractivity contribution in [2.24, 2.45) is 0 Å². The lowest BCUT2D eigenvalue weighted by atomic mass is 10.1. The predicted molar refractivity (Wildman–Crippen MR) is 71.9 cm³/mol. The molecule has 2 atom stereocenters. The minimum atomic E-state index is -0.390. The van der Waals surface area contributed by atoms with Gasteiger partial charge in [0.2, 0.25) is 0 Å². The van der Waals surface area contributed by atoms with Gasteiger partial charge in [-0.25, -0.2) is 0 Å². The summed E-state index contributed by atoms with van der Waals surface area (Å²) in [6.45, 7) is 4.00. The van der Waals surface area contributed by atoms with Crippen LogP contribution >= 0.6 is 15.9 Å². The average Bonchev–Trinajstić information content (AvgIpc) is 2.36. The number of ether oxygens (including phenoxy) is 1. The van der Waals surface area contributed by atoms with Crippen LogP contribution in [0.2, 0.25) is 0 Å². The Morgan fingerprint density at radius 3 is 2.76 bits per heavy atom. The lowest BCUT2D eigenvalue weighted by Gasteiger charge is -2.18. The molecule has 1 aromatic rings. The van der Waals surface area contributed by atoms with E-state index in [0.29, 0.717) is 6.42 Å². The number of hydrogen-bond donors (Lipinski definition) is 1. The molecule has 4 heteroatoms. The maximum Gasteiger partial charge on any atom is 0.184 e. The fourth-order valence-corrected chi connectivity index (χ4v) is 1.85. The van der Waals surface area contributed by atoms with Crippen molar-refractivity contribution in [2.75, 3.05) is 7.05 Å². The van der Waals surface area contributed by atoms with Crippen LogP contribution in [0.15, 0.2) is 22.7 Å². The first kappa shape index (κ1) is 14.0. The zero-order valence-electron chi connectivity index (χ0n) is 10.3. The van der Waals surface area contributed by atoms with Crippen LogP contribution in [0.25, 0.3) is 0 Å². The minimum Gasteiger partial charge on any atom is -0.475 e. The van der Waals surface area contributed by atoms with Gasteiger partial charge in [0.15, 0.2) is 6.10 Å². The molecule has 2 unspecified atom stereocenters. The quantitative estimate of drug-likeness (QED) is 0.906. The topological polar surface area (TPSA) is 45.0 Å². The molecule has 0 bridgehead atoms. The fraction of sp³-hybridized carbons (Fsp3) is 0.462. The lowest BCUT2D eigenvalue weighted by molar-refractivity contribution is 0.247. The van der Waals surface area contributed by atoms with Gasteiger partial charge in [0.25, 0.3) is 0 Å². The third-order valence-electron chi connectivity index (χ3n) is 2.66. The van der Waals surface area contributed by atoms with E-state index >= 15 is 0 Å². The Kier molecular flexibility index (Phi) is 5.46. The Balaban J connectivity index is 3.02. The largest absolute Gasteiger partial charge is 0.475 e. The first-order valence-corrected chi connectivity index (χ1v) is 6.44. The highest BCUT2D eigenvalue weighted by Crippen LogP contribution is 2.29. The number of nitrogens with zero attached hydrogens (tertiary/aromatic N) is 1. The third kappa shape index (κ3) is 3.72. The molecule has 0 radical (unpaired) electrons. The number of nitrogens with one attached hydrogen (secondary N) is 1. The number of benzene rings is 1. The summed E-state index contributed by atoms with van der Waals surface area (Å²) in [6, 6.07) is 8.16. The zero-order chi connectivity index (χ0) is 12.8. The van der Waals surface area contributed by atoms with E-state index in [0.717, 1.165) is 15.8 Å². The summed E-state index contributed by atoms with van der Waals surface area (Å²) in [6.07, 6.45) is 0.291. The molecule has 0 saturated carbocycles. The molecule has 0 fully saturated rings. The molecule has 0 aliphatic heterocycles. The van der Waals surface area contributed by atoms with E-state index in [2.05, 4.69) is 34.2 Å². The predicted octanol–water partition coefficient (Wildman–Crippen LogP) is 3.41. The van der Waals surface area contributed by atoms with Crippen LogP contribution in [-0.2, 0) is 0 Å². The Labute approximate surface area is 111 Å². The maximum absolute atomic E-state index is 8.93. The van der Waals surface area contributed by atoms with E-state index in [4.69, 9.17) is 10.00 Å². The van der Waals surface area contributed by atoms with Gasteiger partial charge in [0.1, 0.15) is 11.8 Å². The smallest absolute Gasteiger partial charge is 0.184 e. The highest BCUT2D eigenvalue weighted by atomic mass is 79.9.